The van der Waals surface area contributed by atoms with E-state index in [1.807, 2.05) is 0 Å². The lowest BCUT2D eigenvalue weighted by Gasteiger charge is -2.36. The Labute approximate surface area is 123 Å². The van der Waals surface area contributed by atoms with Crippen LogP contribution in [0, 0.1) is 5.41 Å². The van der Waals surface area contributed by atoms with Gasteiger partial charge < -0.3 is 10.2 Å². The van der Waals surface area contributed by atoms with Crippen molar-refractivity contribution in [3.8, 4) is 0 Å². The molecule has 2 heterocycles. The fourth-order valence-corrected chi connectivity index (χ4v) is 4.61. The second-order valence-corrected chi connectivity index (χ2v) is 8.73. The number of hydrogen-bond acceptors (Lipinski definition) is 4. The van der Waals surface area contributed by atoms with Crippen molar-refractivity contribution in [2.75, 3.05) is 38.5 Å². The van der Waals surface area contributed by atoms with Gasteiger partial charge in [0.25, 0.3) is 0 Å². The summed E-state index contributed by atoms with van der Waals surface area (Å²) >= 11 is 0. The number of nitrogens with zero attached hydrogens (tertiary/aromatic N) is 1. The Balaban J connectivity index is 0.00000180. The van der Waals surface area contributed by atoms with Crippen LogP contribution in [0.3, 0.4) is 0 Å². The zero-order valence-electron chi connectivity index (χ0n) is 12.0. The van der Waals surface area contributed by atoms with Crippen LogP contribution in [-0.4, -0.2) is 57.0 Å². The fourth-order valence-electron chi connectivity index (χ4n) is 3.21. The van der Waals surface area contributed by atoms with Crippen LogP contribution in [0.2, 0.25) is 0 Å². The molecule has 0 aliphatic carbocycles. The van der Waals surface area contributed by atoms with Crippen LogP contribution in [0.25, 0.3) is 0 Å². The average molecular weight is 311 g/mol. The minimum Gasteiger partial charge on any atom is -0.316 e. The molecule has 6 heteroatoms. The van der Waals surface area contributed by atoms with Gasteiger partial charge in [-0.1, -0.05) is 13.8 Å². The second-order valence-electron chi connectivity index (χ2n) is 6.16. The highest BCUT2D eigenvalue weighted by molar-refractivity contribution is 7.92. The van der Waals surface area contributed by atoms with Gasteiger partial charge in [-0.3, -0.25) is 0 Å². The molecule has 19 heavy (non-hydrogen) atoms. The molecule has 1 N–H and O–H groups in total. The number of halogens is 1. The lowest BCUT2D eigenvalue weighted by Crippen LogP contribution is -2.44. The highest BCUT2D eigenvalue weighted by Gasteiger charge is 2.34. The number of likely N-dealkylation sites (tertiary alicyclic amines) is 1. The summed E-state index contributed by atoms with van der Waals surface area (Å²) in [6.07, 6.45) is 2.87. The first-order valence-corrected chi connectivity index (χ1v) is 8.81. The lowest BCUT2D eigenvalue weighted by atomic mass is 9.88. The Hall–Kier alpha value is 0.160. The molecular formula is C13H27ClN2O2S. The van der Waals surface area contributed by atoms with Gasteiger partial charge in [0.1, 0.15) is 0 Å². The molecule has 0 radical (unpaired) electrons. The lowest BCUT2D eigenvalue weighted by molar-refractivity contribution is 0.154. The van der Waals surface area contributed by atoms with E-state index in [1.165, 1.54) is 6.42 Å². The maximum atomic E-state index is 11.8. The summed E-state index contributed by atoms with van der Waals surface area (Å²) in [4.78, 5) is 2.45. The van der Waals surface area contributed by atoms with E-state index in [-0.39, 0.29) is 17.7 Å². The molecule has 0 aromatic heterocycles. The van der Waals surface area contributed by atoms with Gasteiger partial charge >= 0.3 is 0 Å². The van der Waals surface area contributed by atoms with Crippen LogP contribution >= 0.6 is 12.4 Å². The van der Waals surface area contributed by atoms with E-state index in [0.29, 0.717) is 11.2 Å². The first-order chi connectivity index (χ1) is 8.45. The normalized spacial score (nSPS) is 30.2. The van der Waals surface area contributed by atoms with Gasteiger partial charge in [-0.25, -0.2) is 8.42 Å². The standard InChI is InChI=1S/C13H26N2O2S.ClH/c1-3-18(16,17)12-4-8-15(9-5-12)11-13(2)6-7-14-10-13;/h12,14H,3-11H2,1-2H3;1H. The zero-order chi connectivity index (χ0) is 13.2. The zero-order valence-corrected chi connectivity index (χ0v) is 13.7. The third-order valence-corrected chi connectivity index (χ3v) is 6.80. The molecule has 4 nitrogen and oxygen atoms in total. The summed E-state index contributed by atoms with van der Waals surface area (Å²) in [5.41, 5.74) is 0.385. The summed E-state index contributed by atoms with van der Waals surface area (Å²) < 4.78 is 23.7. The van der Waals surface area contributed by atoms with Crippen molar-refractivity contribution in [2.24, 2.45) is 5.41 Å². The van der Waals surface area contributed by atoms with Crippen molar-refractivity contribution in [3.05, 3.63) is 0 Å². The van der Waals surface area contributed by atoms with Crippen LogP contribution in [0.1, 0.15) is 33.1 Å². The van der Waals surface area contributed by atoms with Gasteiger partial charge in [-0.15, -0.1) is 12.4 Å². The highest BCUT2D eigenvalue weighted by atomic mass is 35.5. The number of sulfone groups is 1. The predicted molar refractivity (Wildman–Crippen MR) is 81.8 cm³/mol. The summed E-state index contributed by atoms with van der Waals surface area (Å²) in [6, 6.07) is 0. The third kappa shape index (κ3) is 4.31. The maximum Gasteiger partial charge on any atom is 0.152 e. The van der Waals surface area contributed by atoms with Gasteiger partial charge in [-0.05, 0) is 44.3 Å². The first kappa shape index (κ1) is 17.2. The number of piperidine rings is 1. The molecule has 114 valence electrons. The van der Waals surface area contributed by atoms with Crippen molar-refractivity contribution in [1.29, 1.82) is 0 Å². The molecule has 0 aromatic carbocycles. The first-order valence-electron chi connectivity index (χ1n) is 7.10. The van der Waals surface area contributed by atoms with Crippen LogP contribution in [0.4, 0.5) is 0 Å². The average Bonchev–Trinajstić information content (AvgIpc) is 2.76. The molecule has 0 amide bonds. The van der Waals surface area contributed by atoms with Crippen LogP contribution < -0.4 is 5.32 Å². The summed E-state index contributed by atoms with van der Waals surface area (Å²) in [6.45, 7) is 9.31. The molecule has 2 rings (SSSR count). The van der Waals surface area contributed by atoms with Gasteiger partial charge in [0.05, 0.1) is 5.25 Å². The number of nitrogens with one attached hydrogen (secondary N) is 1. The predicted octanol–water partition coefficient (Wildman–Crippen LogP) is 1.31. The molecule has 0 saturated carbocycles. The molecule has 1 atom stereocenters. The van der Waals surface area contributed by atoms with E-state index in [4.69, 9.17) is 0 Å². The second kappa shape index (κ2) is 6.74. The smallest absolute Gasteiger partial charge is 0.152 e. The van der Waals surface area contributed by atoms with E-state index in [1.54, 1.807) is 6.92 Å². The number of rotatable bonds is 4. The summed E-state index contributed by atoms with van der Waals surface area (Å²) in [5, 5.41) is 3.33. The fraction of sp³-hybridized carbons (Fsp3) is 1.00. The molecule has 2 aliphatic rings. The minimum absolute atomic E-state index is 0. The Morgan fingerprint density at radius 1 is 1.32 bits per heavy atom. The minimum atomic E-state index is -2.83. The Morgan fingerprint density at radius 3 is 2.42 bits per heavy atom. The summed E-state index contributed by atoms with van der Waals surface area (Å²) in [5.74, 6) is 0.291. The Kier molecular flexibility index (Phi) is 6.11. The van der Waals surface area contributed by atoms with Crippen LogP contribution in [0.15, 0.2) is 0 Å². The van der Waals surface area contributed by atoms with E-state index < -0.39 is 9.84 Å². The largest absolute Gasteiger partial charge is 0.316 e. The van der Waals surface area contributed by atoms with Crippen LogP contribution in [-0.2, 0) is 9.84 Å². The van der Waals surface area contributed by atoms with Crippen LogP contribution in [0.5, 0.6) is 0 Å². The monoisotopic (exact) mass is 310 g/mol. The number of hydrogen-bond donors (Lipinski definition) is 1. The topological polar surface area (TPSA) is 49.4 Å². The molecule has 0 spiro atoms. The molecule has 0 aromatic rings. The van der Waals surface area contributed by atoms with Crippen molar-refractivity contribution >= 4 is 22.2 Å². The van der Waals surface area contributed by atoms with E-state index in [2.05, 4.69) is 17.1 Å². The molecular weight excluding hydrogens is 284 g/mol. The molecule has 2 fully saturated rings. The van der Waals surface area contributed by atoms with Crippen molar-refractivity contribution in [1.82, 2.24) is 10.2 Å². The molecule has 2 aliphatic heterocycles. The van der Waals surface area contributed by atoms with E-state index in [9.17, 15) is 8.42 Å². The van der Waals surface area contributed by atoms with Gasteiger partial charge in [0.15, 0.2) is 9.84 Å². The van der Waals surface area contributed by atoms with E-state index >= 15 is 0 Å². The van der Waals surface area contributed by atoms with Crippen molar-refractivity contribution < 1.29 is 8.42 Å². The van der Waals surface area contributed by atoms with E-state index in [0.717, 1.165) is 45.6 Å². The van der Waals surface area contributed by atoms with Gasteiger partial charge in [0.2, 0.25) is 0 Å². The Bertz CT molecular complexity index is 372. The van der Waals surface area contributed by atoms with Gasteiger partial charge in [0, 0.05) is 18.8 Å². The molecule has 0 bridgehead atoms. The third-order valence-electron chi connectivity index (χ3n) is 4.51. The maximum absolute atomic E-state index is 11.8. The molecule has 2 saturated heterocycles. The van der Waals surface area contributed by atoms with Crippen molar-refractivity contribution in [2.45, 2.75) is 38.4 Å². The SMILES string of the molecule is CCS(=O)(=O)C1CCN(CC2(C)CCNC2)CC1.Cl. The summed E-state index contributed by atoms with van der Waals surface area (Å²) in [7, 11) is -2.83. The van der Waals surface area contributed by atoms with Crippen molar-refractivity contribution in [3.63, 3.8) is 0 Å². The van der Waals surface area contributed by atoms with Gasteiger partial charge in [-0.2, -0.15) is 0 Å². The molecule has 1 unspecified atom stereocenters. The highest BCUT2D eigenvalue weighted by Crippen LogP contribution is 2.28. The quantitative estimate of drug-likeness (QED) is 0.850. The Morgan fingerprint density at radius 2 is 1.95 bits per heavy atom.